The standard InChI is InChI=1S/C15H22O2.C10H22O2/c1-3-5-8-12-9-7-11-14(15(16)17)13(12)10-6-4-2;1-4-7-10(12)8(5-2)9(11)6-3/h7,9,11H,3-6,8,10H2,1-2H3,(H,16,17);8-12H,4-7H2,1-3H3. The number of hydrogen-bond donors (Lipinski definition) is 3. The minimum Gasteiger partial charge on any atom is -0.478 e. The van der Waals surface area contributed by atoms with Crippen molar-refractivity contribution in [3.63, 3.8) is 0 Å². The Labute approximate surface area is 178 Å². The Morgan fingerprint density at radius 2 is 1.48 bits per heavy atom. The lowest BCUT2D eigenvalue weighted by atomic mass is 9.89. The van der Waals surface area contributed by atoms with Crippen molar-refractivity contribution in [1.82, 2.24) is 0 Å². The van der Waals surface area contributed by atoms with Crippen LogP contribution in [0.5, 0.6) is 0 Å². The Bertz CT molecular complexity index is 556. The van der Waals surface area contributed by atoms with E-state index in [1.165, 1.54) is 5.56 Å². The first kappa shape index (κ1) is 27.6. The summed E-state index contributed by atoms with van der Waals surface area (Å²) in [7, 11) is 0. The van der Waals surface area contributed by atoms with Crippen molar-refractivity contribution in [2.24, 2.45) is 5.92 Å². The number of unbranched alkanes of at least 4 members (excludes halogenated alkanes) is 2. The Morgan fingerprint density at radius 1 is 0.862 bits per heavy atom. The van der Waals surface area contributed by atoms with Crippen LogP contribution in [0.4, 0.5) is 0 Å². The van der Waals surface area contributed by atoms with Crippen LogP contribution in [0.15, 0.2) is 18.2 Å². The van der Waals surface area contributed by atoms with Gasteiger partial charge in [0.25, 0.3) is 0 Å². The Kier molecular flexibility index (Phi) is 15.6. The minimum absolute atomic E-state index is 0.0648. The fourth-order valence-corrected chi connectivity index (χ4v) is 3.70. The highest BCUT2D eigenvalue weighted by Gasteiger charge is 2.22. The van der Waals surface area contributed by atoms with Crippen LogP contribution in [0.25, 0.3) is 0 Å². The lowest BCUT2D eigenvalue weighted by molar-refractivity contribution is 0.00453. The van der Waals surface area contributed by atoms with Gasteiger partial charge in [0, 0.05) is 5.92 Å². The number of hydrogen-bond acceptors (Lipinski definition) is 3. The van der Waals surface area contributed by atoms with Crippen molar-refractivity contribution in [3.05, 3.63) is 34.9 Å². The number of carbonyl (C=O) groups is 1. The second-order valence-corrected chi connectivity index (χ2v) is 7.86. The van der Waals surface area contributed by atoms with Gasteiger partial charge >= 0.3 is 5.97 Å². The molecule has 0 aromatic heterocycles. The summed E-state index contributed by atoms with van der Waals surface area (Å²) >= 11 is 0. The van der Waals surface area contributed by atoms with Crippen molar-refractivity contribution < 1.29 is 20.1 Å². The van der Waals surface area contributed by atoms with Gasteiger partial charge in [-0.05, 0) is 62.1 Å². The quantitative estimate of drug-likeness (QED) is 0.373. The second-order valence-electron chi connectivity index (χ2n) is 7.86. The maximum Gasteiger partial charge on any atom is 0.335 e. The highest BCUT2D eigenvalue weighted by Crippen LogP contribution is 2.20. The number of aliphatic hydroxyl groups excluding tert-OH is 2. The molecule has 0 aliphatic heterocycles. The predicted octanol–water partition coefficient (Wildman–Crippen LogP) is 6.01. The zero-order valence-corrected chi connectivity index (χ0v) is 19.3. The van der Waals surface area contributed by atoms with Crippen molar-refractivity contribution in [1.29, 1.82) is 0 Å². The number of aryl methyl sites for hydroxylation is 1. The molecule has 0 bridgehead atoms. The molecule has 1 aromatic rings. The Balaban J connectivity index is 0.000000578. The molecule has 29 heavy (non-hydrogen) atoms. The molecule has 0 saturated carbocycles. The molecule has 3 unspecified atom stereocenters. The van der Waals surface area contributed by atoms with E-state index < -0.39 is 5.97 Å². The summed E-state index contributed by atoms with van der Waals surface area (Å²) in [6.07, 6.45) is 9.02. The minimum atomic E-state index is -0.797. The molecule has 3 atom stereocenters. The molecule has 4 heteroatoms. The van der Waals surface area contributed by atoms with E-state index in [0.29, 0.717) is 5.56 Å². The van der Waals surface area contributed by atoms with E-state index in [-0.39, 0.29) is 18.1 Å². The van der Waals surface area contributed by atoms with E-state index in [9.17, 15) is 20.1 Å². The number of benzene rings is 1. The summed E-state index contributed by atoms with van der Waals surface area (Å²) in [5.74, 6) is -0.732. The first-order valence-electron chi connectivity index (χ1n) is 11.6. The SMILES string of the molecule is CCCC(O)C(CC)C(O)CC.CCCCc1cccc(C(=O)O)c1CCCC. The van der Waals surface area contributed by atoms with Gasteiger partial charge in [0.2, 0.25) is 0 Å². The molecule has 1 rings (SSSR count). The number of carboxylic acids is 1. The molecular weight excluding hydrogens is 364 g/mol. The third-order valence-corrected chi connectivity index (χ3v) is 5.55. The van der Waals surface area contributed by atoms with Crippen LogP contribution >= 0.6 is 0 Å². The second kappa shape index (κ2) is 16.4. The molecule has 0 radical (unpaired) electrons. The molecule has 1 aromatic carbocycles. The number of carboxylic acid groups (broad SMARTS) is 1. The average molecular weight is 409 g/mol. The van der Waals surface area contributed by atoms with Crippen molar-refractivity contribution in [3.8, 4) is 0 Å². The van der Waals surface area contributed by atoms with Gasteiger partial charge in [-0.25, -0.2) is 4.79 Å². The molecule has 0 fully saturated rings. The number of aromatic carboxylic acids is 1. The van der Waals surface area contributed by atoms with E-state index >= 15 is 0 Å². The largest absolute Gasteiger partial charge is 0.478 e. The van der Waals surface area contributed by atoms with Gasteiger partial charge in [-0.1, -0.05) is 66.0 Å². The van der Waals surface area contributed by atoms with Crippen LogP contribution in [0.2, 0.25) is 0 Å². The molecule has 4 nitrogen and oxygen atoms in total. The fraction of sp³-hybridized carbons (Fsp3) is 0.720. The number of aliphatic hydroxyl groups is 2. The topological polar surface area (TPSA) is 77.8 Å². The van der Waals surface area contributed by atoms with E-state index in [0.717, 1.165) is 69.8 Å². The van der Waals surface area contributed by atoms with Crippen LogP contribution in [0, 0.1) is 5.92 Å². The average Bonchev–Trinajstić information content (AvgIpc) is 2.71. The molecular formula is C25H44O4. The zero-order valence-electron chi connectivity index (χ0n) is 19.3. The van der Waals surface area contributed by atoms with Gasteiger partial charge in [-0.15, -0.1) is 0 Å². The summed E-state index contributed by atoms with van der Waals surface area (Å²) in [6, 6.07) is 5.67. The van der Waals surface area contributed by atoms with Crippen molar-refractivity contribution >= 4 is 5.97 Å². The lowest BCUT2D eigenvalue weighted by Gasteiger charge is -2.25. The van der Waals surface area contributed by atoms with Gasteiger partial charge in [0.1, 0.15) is 0 Å². The molecule has 0 aliphatic carbocycles. The smallest absolute Gasteiger partial charge is 0.335 e. The Hall–Kier alpha value is -1.39. The predicted molar refractivity (Wildman–Crippen MR) is 122 cm³/mol. The van der Waals surface area contributed by atoms with E-state index in [4.69, 9.17) is 0 Å². The fourth-order valence-electron chi connectivity index (χ4n) is 3.70. The van der Waals surface area contributed by atoms with Crippen molar-refractivity contribution in [2.75, 3.05) is 0 Å². The molecule has 168 valence electrons. The van der Waals surface area contributed by atoms with E-state index in [1.54, 1.807) is 6.07 Å². The summed E-state index contributed by atoms with van der Waals surface area (Å²) in [5, 5.41) is 28.4. The summed E-state index contributed by atoms with van der Waals surface area (Å²) in [4.78, 5) is 11.2. The Morgan fingerprint density at radius 3 is 1.97 bits per heavy atom. The van der Waals surface area contributed by atoms with Crippen molar-refractivity contribution in [2.45, 2.75) is 111 Å². The highest BCUT2D eigenvalue weighted by molar-refractivity contribution is 5.89. The summed E-state index contributed by atoms with van der Waals surface area (Å²) in [5.41, 5.74) is 2.77. The molecule has 0 spiro atoms. The number of rotatable bonds is 13. The summed E-state index contributed by atoms with van der Waals surface area (Å²) in [6.45, 7) is 10.3. The first-order chi connectivity index (χ1) is 13.9. The maximum absolute atomic E-state index is 11.2. The monoisotopic (exact) mass is 408 g/mol. The molecule has 0 aliphatic rings. The lowest BCUT2D eigenvalue weighted by Crippen LogP contribution is -2.30. The van der Waals surface area contributed by atoms with Crippen LogP contribution in [0.1, 0.15) is 107 Å². The van der Waals surface area contributed by atoms with Gasteiger partial charge in [0.05, 0.1) is 17.8 Å². The molecule has 3 N–H and O–H groups in total. The van der Waals surface area contributed by atoms with Gasteiger partial charge in [0.15, 0.2) is 0 Å². The molecule has 0 heterocycles. The van der Waals surface area contributed by atoms with Gasteiger partial charge in [-0.2, -0.15) is 0 Å². The summed E-state index contributed by atoms with van der Waals surface area (Å²) < 4.78 is 0. The van der Waals surface area contributed by atoms with Crippen LogP contribution in [0.3, 0.4) is 0 Å². The van der Waals surface area contributed by atoms with Gasteiger partial charge < -0.3 is 15.3 Å². The third-order valence-electron chi connectivity index (χ3n) is 5.55. The van der Waals surface area contributed by atoms with Gasteiger partial charge in [-0.3, -0.25) is 0 Å². The third kappa shape index (κ3) is 10.3. The van der Waals surface area contributed by atoms with Crippen LogP contribution in [-0.2, 0) is 12.8 Å². The van der Waals surface area contributed by atoms with Crippen LogP contribution < -0.4 is 0 Å². The molecule has 0 amide bonds. The van der Waals surface area contributed by atoms with E-state index in [2.05, 4.69) is 19.9 Å². The first-order valence-corrected chi connectivity index (χ1v) is 11.6. The maximum atomic E-state index is 11.2. The normalized spacial score (nSPS) is 13.9. The van der Waals surface area contributed by atoms with E-state index in [1.807, 2.05) is 26.8 Å². The molecule has 0 saturated heterocycles. The van der Waals surface area contributed by atoms with Crippen LogP contribution in [-0.4, -0.2) is 33.5 Å². The highest BCUT2D eigenvalue weighted by atomic mass is 16.4. The zero-order chi connectivity index (χ0) is 22.2.